The van der Waals surface area contributed by atoms with Crippen molar-refractivity contribution in [3.8, 4) is 0 Å². The first kappa shape index (κ1) is 15.9. The summed E-state index contributed by atoms with van der Waals surface area (Å²) in [4.78, 5) is 2.35. The standard InChI is InChI=1S/C16H22N8O/c1-12-18-20-15(25-12)11-23-7-3-5-13(9-23)16-21-19-14(22(16)2)10-24-8-4-6-17-24/h4,6,8,13H,3,5,7,9-11H2,1-2H3/t13-/m1/s1. The van der Waals surface area contributed by atoms with E-state index >= 15 is 0 Å². The highest BCUT2D eigenvalue weighted by Gasteiger charge is 2.26. The second kappa shape index (κ2) is 6.75. The Morgan fingerprint density at radius 2 is 2.12 bits per heavy atom. The van der Waals surface area contributed by atoms with Crippen LogP contribution in [0.5, 0.6) is 0 Å². The number of aromatic nitrogens is 7. The molecule has 0 aliphatic carbocycles. The van der Waals surface area contributed by atoms with Crippen LogP contribution in [0.1, 0.15) is 42.2 Å². The lowest BCUT2D eigenvalue weighted by molar-refractivity contribution is 0.178. The van der Waals surface area contributed by atoms with E-state index < -0.39 is 0 Å². The first-order chi connectivity index (χ1) is 12.2. The van der Waals surface area contributed by atoms with Gasteiger partial charge in [0, 0.05) is 38.8 Å². The Morgan fingerprint density at radius 3 is 2.88 bits per heavy atom. The molecule has 0 bridgehead atoms. The smallest absolute Gasteiger partial charge is 0.230 e. The molecule has 3 aromatic rings. The first-order valence-corrected chi connectivity index (χ1v) is 8.56. The number of hydrogen-bond acceptors (Lipinski definition) is 7. The summed E-state index contributed by atoms with van der Waals surface area (Å²) < 4.78 is 9.47. The third-order valence-electron chi connectivity index (χ3n) is 4.66. The van der Waals surface area contributed by atoms with Crippen LogP contribution in [0.2, 0.25) is 0 Å². The molecule has 1 saturated heterocycles. The minimum absolute atomic E-state index is 0.363. The summed E-state index contributed by atoms with van der Waals surface area (Å²) in [6.45, 7) is 5.10. The molecule has 1 atom stereocenters. The highest BCUT2D eigenvalue weighted by molar-refractivity contribution is 5.04. The Kier molecular flexibility index (Phi) is 4.31. The summed E-state index contributed by atoms with van der Waals surface area (Å²) in [7, 11) is 2.04. The maximum Gasteiger partial charge on any atom is 0.230 e. The van der Waals surface area contributed by atoms with E-state index in [1.807, 2.05) is 30.9 Å². The van der Waals surface area contributed by atoms with Crippen LogP contribution in [0, 0.1) is 6.92 Å². The largest absolute Gasteiger partial charge is 0.424 e. The van der Waals surface area contributed by atoms with Gasteiger partial charge in [-0.25, -0.2) is 0 Å². The highest BCUT2D eigenvalue weighted by Crippen LogP contribution is 2.26. The van der Waals surface area contributed by atoms with Crippen molar-refractivity contribution in [1.29, 1.82) is 0 Å². The SMILES string of the molecule is Cc1nnc(CN2CCC[C@@H](c3nnc(Cn4cccn4)n3C)C2)o1. The summed E-state index contributed by atoms with van der Waals surface area (Å²) in [5.41, 5.74) is 0. The molecule has 25 heavy (non-hydrogen) atoms. The van der Waals surface area contributed by atoms with Gasteiger partial charge >= 0.3 is 0 Å². The third kappa shape index (κ3) is 3.46. The lowest BCUT2D eigenvalue weighted by atomic mass is 9.97. The van der Waals surface area contributed by atoms with Crippen molar-refractivity contribution >= 4 is 0 Å². The predicted octanol–water partition coefficient (Wildman–Crippen LogP) is 1.13. The van der Waals surface area contributed by atoms with Gasteiger partial charge in [-0.1, -0.05) is 0 Å². The van der Waals surface area contributed by atoms with Crippen molar-refractivity contribution in [3.05, 3.63) is 41.9 Å². The van der Waals surface area contributed by atoms with Gasteiger partial charge < -0.3 is 8.98 Å². The summed E-state index contributed by atoms with van der Waals surface area (Å²) in [5.74, 6) is 3.61. The molecule has 0 unspecified atom stereocenters. The quantitative estimate of drug-likeness (QED) is 0.686. The van der Waals surface area contributed by atoms with Gasteiger partial charge in [0.15, 0.2) is 5.82 Å². The van der Waals surface area contributed by atoms with E-state index in [9.17, 15) is 0 Å². The Balaban J connectivity index is 1.45. The average Bonchev–Trinajstić information content (AvgIpc) is 3.33. The molecule has 1 fully saturated rings. The molecule has 3 aromatic heterocycles. The summed E-state index contributed by atoms with van der Waals surface area (Å²) >= 11 is 0. The minimum Gasteiger partial charge on any atom is -0.424 e. The zero-order valence-corrected chi connectivity index (χ0v) is 14.5. The van der Waals surface area contributed by atoms with Crippen LogP contribution in [0.25, 0.3) is 0 Å². The molecule has 9 nitrogen and oxygen atoms in total. The molecule has 1 aliphatic heterocycles. The fraction of sp³-hybridized carbons (Fsp3) is 0.562. The van der Waals surface area contributed by atoms with Crippen LogP contribution in [-0.4, -0.2) is 52.7 Å². The Morgan fingerprint density at radius 1 is 1.20 bits per heavy atom. The molecule has 1 aliphatic rings. The average molecular weight is 342 g/mol. The van der Waals surface area contributed by atoms with Crippen molar-refractivity contribution in [2.45, 2.75) is 38.8 Å². The van der Waals surface area contributed by atoms with Gasteiger partial charge in [0.2, 0.25) is 11.8 Å². The number of nitrogens with zero attached hydrogens (tertiary/aromatic N) is 8. The number of hydrogen-bond donors (Lipinski definition) is 0. The first-order valence-electron chi connectivity index (χ1n) is 8.56. The summed E-state index contributed by atoms with van der Waals surface area (Å²) in [6, 6.07) is 1.91. The molecule has 132 valence electrons. The van der Waals surface area contributed by atoms with Gasteiger partial charge in [-0.3, -0.25) is 9.58 Å². The van der Waals surface area contributed by atoms with Crippen LogP contribution in [0.15, 0.2) is 22.9 Å². The summed E-state index contributed by atoms with van der Waals surface area (Å²) in [6.07, 6.45) is 5.95. The van der Waals surface area contributed by atoms with E-state index in [-0.39, 0.29) is 0 Å². The number of piperidine rings is 1. The van der Waals surface area contributed by atoms with E-state index in [0.29, 0.717) is 30.8 Å². The number of likely N-dealkylation sites (tertiary alicyclic amines) is 1. The zero-order valence-electron chi connectivity index (χ0n) is 14.5. The van der Waals surface area contributed by atoms with Crippen molar-refractivity contribution in [3.63, 3.8) is 0 Å². The van der Waals surface area contributed by atoms with Crippen molar-refractivity contribution in [2.75, 3.05) is 13.1 Å². The van der Waals surface area contributed by atoms with Gasteiger partial charge in [-0.05, 0) is 25.5 Å². The zero-order chi connectivity index (χ0) is 17.2. The van der Waals surface area contributed by atoms with Gasteiger partial charge in [0.05, 0.1) is 6.54 Å². The maximum atomic E-state index is 5.51. The highest BCUT2D eigenvalue weighted by atomic mass is 16.4. The number of rotatable bonds is 5. The maximum absolute atomic E-state index is 5.51. The molecule has 0 spiro atoms. The fourth-order valence-electron chi connectivity index (χ4n) is 3.41. The van der Waals surface area contributed by atoms with Gasteiger partial charge in [0.25, 0.3) is 0 Å². The molecule has 0 N–H and O–H groups in total. The van der Waals surface area contributed by atoms with Gasteiger partial charge in [-0.15, -0.1) is 20.4 Å². The third-order valence-corrected chi connectivity index (χ3v) is 4.66. The molecular weight excluding hydrogens is 320 g/mol. The van der Waals surface area contributed by atoms with Gasteiger partial charge in [0.1, 0.15) is 12.4 Å². The van der Waals surface area contributed by atoms with Crippen LogP contribution < -0.4 is 0 Å². The minimum atomic E-state index is 0.363. The van der Waals surface area contributed by atoms with Crippen LogP contribution in [0.3, 0.4) is 0 Å². The number of aryl methyl sites for hydroxylation is 1. The van der Waals surface area contributed by atoms with Crippen LogP contribution >= 0.6 is 0 Å². The van der Waals surface area contributed by atoms with E-state index in [2.05, 4.69) is 35.0 Å². The van der Waals surface area contributed by atoms with E-state index in [1.165, 1.54) is 0 Å². The molecule has 4 rings (SSSR count). The van der Waals surface area contributed by atoms with Crippen LogP contribution in [-0.2, 0) is 20.1 Å². The van der Waals surface area contributed by atoms with Crippen molar-refractivity contribution in [2.24, 2.45) is 7.05 Å². The molecular formula is C16H22N8O. The van der Waals surface area contributed by atoms with E-state index in [0.717, 1.165) is 37.6 Å². The Hall–Kier alpha value is -2.55. The predicted molar refractivity (Wildman–Crippen MR) is 88.6 cm³/mol. The van der Waals surface area contributed by atoms with Crippen molar-refractivity contribution < 1.29 is 4.42 Å². The summed E-state index contributed by atoms with van der Waals surface area (Å²) in [5, 5.41) is 21.1. The Labute approximate surface area is 145 Å². The second-order valence-corrected chi connectivity index (χ2v) is 6.53. The molecule has 0 amide bonds. The normalized spacial score (nSPS) is 18.7. The van der Waals surface area contributed by atoms with E-state index in [4.69, 9.17) is 4.42 Å². The Bertz CT molecular complexity index is 821. The second-order valence-electron chi connectivity index (χ2n) is 6.53. The topological polar surface area (TPSA) is 90.7 Å². The van der Waals surface area contributed by atoms with E-state index in [1.54, 1.807) is 6.20 Å². The molecule has 9 heteroatoms. The molecule has 0 radical (unpaired) electrons. The lowest BCUT2D eigenvalue weighted by Gasteiger charge is -2.31. The van der Waals surface area contributed by atoms with Crippen molar-refractivity contribution in [1.82, 2.24) is 39.6 Å². The molecule has 0 saturated carbocycles. The van der Waals surface area contributed by atoms with Gasteiger partial charge in [-0.2, -0.15) is 5.10 Å². The lowest BCUT2D eigenvalue weighted by Crippen LogP contribution is -2.35. The molecule has 0 aromatic carbocycles. The fourth-order valence-corrected chi connectivity index (χ4v) is 3.41. The van der Waals surface area contributed by atoms with Crippen LogP contribution in [0.4, 0.5) is 0 Å². The molecule has 4 heterocycles. The monoisotopic (exact) mass is 342 g/mol.